The van der Waals surface area contributed by atoms with E-state index in [1.165, 1.54) is 5.56 Å². The number of guanidine groups is 1. The van der Waals surface area contributed by atoms with Gasteiger partial charge in [-0.25, -0.2) is 14.8 Å². The minimum absolute atomic E-state index is 0.210. The predicted octanol–water partition coefficient (Wildman–Crippen LogP) is 2.15. The molecule has 156 valence electrons. The minimum atomic E-state index is -0.241. The van der Waals surface area contributed by atoms with E-state index < -0.39 is 0 Å². The van der Waals surface area contributed by atoms with E-state index in [1.54, 1.807) is 11.1 Å². The number of ether oxygens (including phenoxy) is 1. The summed E-state index contributed by atoms with van der Waals surface area (Å²) in [6.45, 7) is 4.83. The SMILES string of the molecule is CCOC(=O)N1CCC(NC(N)=NCc2nccn2CCc2ccccc2)CC1. The Hall–Kier alpha value is -3.03. The fraction of sp³-hybridized carbons (Fsp3) is 0.476. The first-order chi connectivity index (χ1) is 14.2. The number of carbonyl (C=O) groups is 1. The van der Waals surface area contributed by atoms with Gasteiger partial charge in [-0.2, -0.15) is 0 Å². The Morgan fingerprint density at radius 1 is 1.31 bits per heavy atom. The van der Waals surface area contributed by atoms with Gasteiger partial charge in [-0.05, 0) is 31.7 Å². The first kappa shape index (κ1) is 20.7. The van der Waals surface area contributed by atoms with Crippen LogP contribution < -0.4 is 11.1 Å². The third-order valence-electron chi connectivity index (χ3n) is 5.05. The third-order valence-corrected chi connectivity index (χ3v) is 5.05. The number of nitrogens with zero attached hydrogens (tertiary/aromatic N) is 4. The molecule has 0 radical (unpaired) electrons. The van der Waals surface area contributed by atoms with Crippen molar-refractivity contribution in [1.29, 1.82) is 0 Å². The summed E-state index contributed by atoms with van der Waals surface area (Å²) >= 11 is 0. The van der Waals surface area contributed by atoms with E-state index in [9.17, 15) is 4.79 Å². The number of piperidine rings is 1. The van der Waals surface area contributed by atoms with E-state index >= 15 is 0 Å². The molecule has 29 heavy (non-hydrogen) atoms. The maximum Gasteiger partial charge on any atom is 0.409 e. The van der Waals surface area contributed by atoms with Crippen LogP contribution in [0.2, 0.25) is 0 Å². The summed E-state index contributed by atoms with van der Waals surface area (Å²) in [5.74, 6) is 1.31. The van der Waals surface area contributed by atoms with Crippen LogP contribution in [0.4, 0.5) is 4.79 Å². The molecule has 1 aliphatic heterocycles. The van der Waals surface area contributed by atoms with Crippen LogP contribution in [0, 0.1) is 0 Å². The van der Waals surface area contributed by atoms with Crippen LogP contribution >= 0.6 is 0 Å². The molecule has 0 saturated carbocycles. The highest BCUT2D eigenvalue weighted by atomic mass is 16.6. The summed E-state index contributed by atoms with van der Waals surface area (Å²) in [7, 11) is 0. The lowest BCUT2D eigenvalue weighted by molar-refractivity contribution is 0.0963. The molecule has 3 rings (SSSR count). The number of hydrogen-bond donors (Lipinski definition) is 2. The fourth-order valence-corrected chi connectivity index (χ4v) is 3.42. The Kier molecular flexibility index (Phi) is 7.49. The van der Waals surface area contributed by atoms with Crippen LogP contribution in [0.25, 0.3) is 0 Å². The summed E-state index contributed by atoms with van der Waals surface area (Å²) in [4.78, 5) is 22.4. The van der Waals surface area contributed by atoms with Crippen molar-refractivity contribution in [2.24, 2.45) is 10.7 Å². The lowest BCUT2D eigenvalue weighted by Crippen LogP contribution is -2.48. The number of amides is 1. The van der Waals surface area contributed by atoms with Crippen molar-refractivity contribution in [3.05, 3.63) is 54.1 Å². The van der Waals surface area contributed by atoms with Crippen molar-refractivity contribution in [2.75, 3.05) is 19.7 Å². The zero-order chi connectivity index (χ0) is 20.5. The first-order valence-electron chi connectivity index (χ1n) is 10.2. The summed E-state index contributed by atoms with van der Waals surface area (Å²) in [6, 6.07) is 10.6. The van der Waals surface area contributed by atoms with E-state index in [0.29, 0.717) is 32.2 Å². The highest BCUT2D eigenvalue weighted by Gasteiger charge is 2.23. The smallest absolute Gasteiger partial charge is 0.409 e. The van der Waals surface area contributed by atoms with E-state index in [2.05, 4.69) is 44.1 Å². The monoisotopic (exact) mass is 398 g/mol. The van der Waals surface area contributed by atoms with Crippen LogP contribution in [-0.4, -0.2) is 52.2 Å². The van der Waals surface area contributed by atoms with E-state index in [4.69, 9.17) is 10.5 Å². The van der Waals surface area contributed by atoms with Crippen LogP contribution in [-0.2, 0) is 24.2 Å². The second-order valence-corrected chi connectivity index (χ2v) is 7.08. The number of imidazole rings is 1. The molecule has 1 saturated heterocycles. The van der Waals surface area contributed by atoms with Gasteiger partial charge in [-0.15, -0.1) is 0 Å². The average Bonchev–Trinajstić information content (AvgIpc) is 3.19. The van der Waals surface area contributed by atoms with Gasteiger partial charge in [0.1, 0.15) is 12.4 Å². The van der Waals surface area contributed by atoms with Gasteiger partial charge in [-0.1, -0.05) is 30.3 Å². The molecule has 0 bridgehead atoms. The molecular weight excluding hydrogens is 368 g/mol. The quantitative estimate of drug-likeness (QED) is 0.550. The number of nitrogens with two attached hydrogens (primary N) is 1. The molecule has 1 fully saturated rings. The summed E-state index contributed by atoms with van der Waals surface area (Å²) in [6.07, 6.45) is 6.12. The first-order valence-corrected chi connectivity index (χ1v) is 10.2. The highest BCUT2D eigenvalue weighted by molar-refractivity contribution is 5.78. The molecule has 1 aliphatic rings. The maximum absolute atomic E-state index is 11.8. The van der Waals surface area contributed by atoms with Crippen molar-refractivity contribution in [3.8, 4) is 0 Å². The zero-order valence-electron chi connectivity index (χ0n) is 17.0. The Labute approximate surface area is 171 Å². The second-order valence-electron chi connectivity index (χ2n) is 7.08. The minimum Gasteiger partial charge on any atom is -0.450 e. The molecule has 0 aliphatic carbocycles. The third kappa shape index (κ3) is 6.23. The van der Waals surface area contributed by atoms with Crippen molar-refractivity contribution < 1.29 is 9.53 Å². The lowest BCUT2D eigenvalue weighted by atomic mass is 10.1. The Morgan fingerprint density at radius 2 is 2.07 bits per heavy atom. The van der Waals surface area contributed by atoms with Gasteiger partial charge in [0.15, 0.2) is 5.96 Å². The second kappa shape index (κ2) is 10.5. The number of nitrogens with one attached hydrogen (secondary N) is 1. The van der Waals surface area contributed by atoms with Gasteiger partial charge in [-0.3, -0.25) is 0 Å². The standard InChI is InChI=1S/C21H30N6O2/c1-2-29-21(28)27-13-9-18(10-14-27)25-20(22)24-16-19-23-11-15-26(19)12-8-17-6-4-3-5-7-17/h3-7,11,15,18H,2,8-10,12-14,16H2,1H3,(H3,22,24,25). The number of benzene rings is 1. The fourth-order valence-electron chi connectivity index (χ4n) is 3.42. The molecule has 1 amide bonds. The highest BCUT2D eigenvalue weighted by Crippen LogP contribution is 2.11. The van der Waals surface area contributed by atoms with E-state index in [0.717, 1.165) is 31.6 Å². The number of aryl methyl sites for hydroxylation is 2. The van der Waals surface area contributed by atoms with Gasteiger partial charge in [0, 0.05) is 38.1 Å². The molecule has 0 spiro atoms. The molecule has 8 heteroatoms. The van der Waals surface area contributed by atoms with Crippen LogP contribution in [0.1, 0.15) is 31.2 Å². The Bertz CT molecular complexity index is 797. The summed E-state index contributed by atoms with van der Waals surface area (Å²) in [5, 5.41) is 3.26. The zero-order valence-corrected chi connectivity index (χ0v) is 17.0. The normalized spacial score (nSPS) is 15.3. The van der Waals surface area contributed by atoms with Crippen molar-refractivity contribution >= 4 is 12.1 Å². The van der Waals surface area contributed by atoms with Crippen LogP contribution in [0.3, 0.4) is 0 Å². The van der Waals surface area contributed by atoms with Crippen molar-refractivity contribution in [3.63, 3.8) is 0 Å². The van der Waals surface area contributed by atoms with Crippen LogP contribution in [0.5, 0.6) is 0 Å². The molecule has 0 atom stereocenters. The van der Waals surface area contributed by atoms with Gasteiger partial charge >= 0.3 is 6.09 Å². The van der Waals surface area contributed by atoms with E-state index in [-0.39, 0.29) is 12.1 Å². The van der Waals surface area contributed by atoms with E-state index in [1.807, 2.05) is 19.2 Å². The van der Waals surface area contributed by atoms with Crippen LogP contribution in [0.15, 0.2) is 47.7 Å². The molecule has 2 aromatic rings. The molecule has 3 N–H and O–H groups in total. The molecule has 1 aromatic carbocycles. The Morgan fingerprint density at radius 3 is 2.79 bits per heavy atom. The van der Waals surface area contributed by atoms with Gasteiger partial charge in [0.25, 0.3) is 0 Å². The summed E-state index contributed by atoms with van der Waals surface area (Å²) in [5.41, 5.74) is 7.37. The number of carbonyl (C=O) groups excluding carboxylic acids is 1. The predicted molar refractivity (Wildman–Crippen MR) is 112 cm³/mol. The topological polar surface area (TPSA) is 97.8 Å². The number of hydrogen-bond acceptors (Lipinski definition) is 4. The van der Waals surface area contributed by atoms with Gasteiger partial charge in [0.2, 0.25) is 0 Å². The van der Waals surface area contributed by atoms with Gasteiger partial charge in [0.05, 0.1) is 6.61 Å². The molecule has 0 unspecified atom stereocenters. The average molecular weight is 399 g/mol. The number of rotatable bonds is 7. The molecular formula is C21H30N6O2. The van der Waals surface area contributed by atoms with Gasteiger partial charge < -0.3 is 25.3 Å². The summed E-state index contributed by atoms with van der Waals surface area (Å²) < 4.78 is 7.16. The van der Waals surface area contributed by atoms with Crippen molar-refractivity contribution in [2.45, 2.75) is 45.3 Å². The number of aromatic nitrogens is 2. The largest absolute Gasteiger partial charge is 0.450 e. The Balaban J connectivity index is 1.45. The molecule has 1 aromatic heterocycles. The number of aliphatic imine (C=N–C) groups is 1. The number of likely N-dealkylation sites (tertiary alicyclic amines) is 1. The van der Waals surface area contributed by atoms with Crippen molar-refractivity contribution in [1.82, 2.24) is 19.8 Å². The maximum atomic E-state index is 11.8. The molecule has 8 nitrogen and oxygen atoms in total. The lowest BCUT2D eigenvalue weighted by Gasteiger charge is -2.31. The molecule has 2 heterocycles.